The van der Waals surface area contributed by atoms with Gasteiger partial charge in [-0.25, -0.2) is 13.1 Å². The fourth-order valence-electron chi connectivity index (χ4n) is 2.95. The Morgan fingerprint density at radius 1 is 1.29 bits per heavy atom. The topological polar surface area (TPSA) is 58.2 Å². The van der Waals surface area contributed by atoms with Crippen molar-refractivity contribution >= 4 is 21.4 Å². The molecule has 1 aromatic rings. The molecule has 2 aliphatic carbocycles. The van der Waals surface area contributed by atoms with Crippen LogP contribution in [0.2, 0.25) is 0 Å². The van der Waals surface area contributed by atoms with Crippen LogP contribution >= 0.6 is 11.3 Å². The Morgan fingerprint density at radius 3 is 2.67 bits per heavy atom. The molecule has 2 aliphatic rings. The summed E-state index contributed by atoms with van der Waals surface area (Å²) >= 11 is 1.32. The number of rotatable bonds is 6. The van der Waals surface area contributed by atoms with Gasteiger partial charge in [-0.15, -0.1) is 11.3 Å². The zero-order valence-electron chi connectivity index (χ0n) is 12.7. The number of hydrogen-bond donors (Lipinski definition) is 2. The summed E-state index contributed by atoms with van der Waals surface area (Å²) in [5.74, 6) is 0. The lowest BCUT2D eigenvalue weighted by Crippen LogP contribution is -2.33. The van der Waals surface area contributed by atoms with Crippen molar-refractivity contribution in [3.05, 3.63) is 17.0 Å². The van der Waals surface area contributed by atoms with E-state index in [2.05, 4.69) is 23.9 Å². The van der Waals surface area contributed by atoms with E-state index in [4.69, 9.17) is 0 Å². The molecule has 0 aliphatic heterocycles. The van der Waals surface area contributed by atoms with Gasteiger partial charge in [0, 0.05) is 18.6 Å². The van der Waals surface area contributed by atoms with Crippen LogP contribution < -0.4 is 10.0 Å². The monoisotopic (exact) mass is 328 g/mol. The molecule has 0 bridgehead atoms. The molecule has 1 unspecified atom stereocenters. The Morgan fingerprint density at radius 2 is 2.05 bits per heavy atom. The van der Waals surface area contributed by atoms with Crippen molar-refractivity contribution in [2.24, 2.45) is 5.41 Å². The average molecular weight is 329 g/mol. The van der Waals surface area contributed by atoms with Crippen molar-refractivity contribution in [2.75, 3.05) is 0 Å². The molecular formula is C15H24N2O2S2. The van der Waals surface area contributed by atoms with E-state index >= 15 is 0 Å². The predicted octanol–water partition coefficient (Wildman–Crippen LogP) is 2.86. The highest BCUT2D eigenvalue weighted by atomic mass is 32.2. The minimum atomic E-state index is -3.36. The summed E-state index contributed by atoms with van der Waals surface area (Å²) in [6.45, 7) is 5.18. The molecule has 0 spiro atoms. The van der Waals surface area contributed by atoms with E-state index in [1.165, 1.54) is 24.2 Å². The van der Waals surface area contributed by atoms with E-state index in [1.54, 1.807) is 0 Å². The maximum Gasteiger partial charge on any atom is 0.250 e. The highest BCUT2D eigenvalue weighted by Gasteiger charge is 2.33. The quantitative estimate of drug-likeness (QED) is 0.844. The number of hydrogen-bond acceptors (Lipinski definition) is 4. The van der Waals surface area contributed by atoms with Crippen LogP contribution in [0, 0.1) is 5.41 Å². The lowest BCUT2D eigenvalue weighted by atomic mass is 9.92. The lowest BCUT2D eigenvalue weighted by molar-refractivity contribution is 0.372. The first-order valence-corrected chi connectivity index (χ1v) is 10.0. The minimum Gasteiger partial charge on any atom is -0.310 e. The Hall–Kier alpha value is -0.430. The summed E-state index contributed by atoms with van der Waals surface area (Å²) in [6, 6.07) is 2.53. The molecule has 0 amide bonds. The molecule has 6 heteroatoms. The van der Waals surface area contributed by atoms with Gasteiger partial charge in [0.25, 0.3) is 0 Å². The third-order valence-electron chi connectivity index (χ3n) is 4.36. The van der Waals surface area contributed by atoms with Gasteiger partial charge in [-0.1, -0.05) is 13.8 Å². The zero-order valence-corrected chi connectivity index (χ0v) is 14.3. The van der Waals surface area contributed by atoms with E-state index in [-0.39, 0.29) is 11.5 Å². The Labute approximate surface area is 131 Å². The van der Waals surface area contributed by atoms with Gasteiger partial charge in [-0.05, 0) is 54.5 Å². The SMILES string of the molecule is CC1(C)CCC(NS(=O)(=O)c2cc(CNC3CC3)cs2)C1. The van der Waals surface area contributed by atoms with E-state index < -0.39 is 10.0 Å². The highest BCUT2D eigenvalue weighted by molar-refractivity contribution is 7.91. The summed E-state index contributed by atoms with van der Waals surface area (Å²) in [5, 5.41) is 5.36. The Balaban J connectivity index is 1.61. The van der Waals surface area contributed by atoms with Gasteiger partial charge in [0.15, 0.2) is 0 Å². The smallest absolute Gasteiger partial charge is 0.250 e. The van der Waals surface area contributed by atoms with Gasteiger partial charge in [0.05, 0.1) is 0 Å². The van der Waals surface area contributed by atoms with Crippen molar-refractivity contribution in [3.63, 3.8) is 0 Å². The molecule has 118 valence electrons. The van der Waals surface area contributed by atoms with E-state index in [1.807, 2.05) is 11.4 Å². The first-order valence-electron chi connectivity index (χ1n) is 7.67. The minimum absolute atomic E-state index is 0.0835. The molecule has 2 fully saturated rings. The van der Waals surface area contributed by atoms with Crippen LogP contribution in [0.15, 0.2) is 15.7 Å². The van der Waals surface area contributed by atoms with Crippen molar-refractivity contribution in [1.29, 1.82) is 0 Å². The molecule has 4 nitrogen and oxygen atoms in total. The van der Waals surface area contributed by atoms with Gasteiger partial charge >= 0.3 is 0 Å². The zero-order chi connectivity index (χ0) is 15.1. The summed E-state index contributed by atoms with van der Waals surface area (Å²) < 4.78 is 28.2. The second kappa shape index (κ2) is 5.65. The Kier molecular flexibility index (Phi) is 4.16. The summed E-state index contributed by atoms with van der Waals surface area (Å²) in [4.78, 5) is 0. The molecule has 2 N–H and O–H groups in total. The Bertz CT molecular complexity index is 603. The molecule has 0 aromatic carbocycles. The fourth-order valence-corrected chi connectivity index (χ4v) is 5.45. The molecule has 0 radical (unpaired) electrons. The van der Waals surface area contributed by atoms with Crippen LogP contribution in [-0.4, -0.2) is 20.5 Å². The largest absolute Gasteiger partial charge is 0.310 e. The van der Waals surface area contributed by atoms with Gasteiger partial charge in [0.1, 0.15) is 4.21 Å². The van der Waals surface area contributed by atoms with Gasteiger partial charge in [-0.2, -0.15) is 0 Å². The standard InChI is InChI=1S/C15H24N2O2S2/c1-15(2)6-5-13(8-15)17-21(18,19)14-7-11(10-20-14)9-16-12-3-4-12/h7,10,12-13,16-17H,3-6,8-9H2,1-2H3. The molecular weight excluding hydrogens is 304 g/mol. The molecule has 2 saturated carbocycles. The lowest BCUT2D eigenvalue weighted by Gasteiger charge is -2.17. The summed E-state index contributed by atoms with van der Waals surface area (Å²) in [7, 11) is -3.36. The molecule has 3 rings (SSSR count). The van der Waals surface area contributed by atoms with Crippen LogP contribution in [0.1, 0.15) is 51.5 Å². The molecule has 1 atom stereocenters. The predicted molar refractivity (Wildman–Crippen MR) is 85.9 cm³/mol. The van der Waals surface area contributed by atoms with Crippen molar-refractivity contribution in [3.8, 4) is 0 Å². The van der Waals surface area contributed by atoms with Crippen LogP contribution in [0.4, 0.5) is 0 Å². The van der Waals surface area contributed by atoms with Gasteiger partial charge in [0.2, 0.25) is 10.0 Å². The highest BCUT2D eigenvalue weighted by Crippen LogP contribution is 2.37. The van der Waals surface area contributed by atoms with Crippen molar-refractivity contribution in [2.45, 2.75) is 68.8 Å². The van der Waals surface area contributed by atoms with E-state index in [0.29, 0.717) is 10.3 Å². The number of sulfonamides is 1. The van der Waals surface area contributed by atoms with Crippen LogP contribution in [0.3, 0.4) is 0 Å². The van der Waals surface area contributed by atoms with Crippen molar-refractivity contribution < 1.29 is 8.42 Å². The first kappa shape index (κ1) is 15.5. The number of nitrogens with one attached hydrogen (secondary N) is 2. The summed E-state index contributed by atoms with van der Waals surface area (Å²) in [6.07, 6.45) is 5.44. The van der Waals surface area contributed by atoms with Crippen molar-refractivity contribution in [1.82, 2.24) is 10.0 Å². The maximum absolute atomic E-state index is 12.4. The third kappa shape index (κ3) is 4.06. The fraction of sp³-hybridized carbons (Fsp3) is 0.733. The van der Waals surface area contributed by atoms with E-state index in [0.717, 1.165) is 31.4 Å². The maximum atomic E-state index is 12.4. The van der Waals surface area contributed by atoms with Crippen LogP contribution in [0.25, 0.3) is 0 Å². The number of thiophene rings is 1. The second-order valence-corrected chi connectivity index (χ2v) is 10.0. The van der Waals surface area contributed by atoms with Gasteiger partial charge < -0.3 is 5.32 Å². The second-order valence-electron chi connectivity index (χ2n) is 7.15. The average Bonchev–Trinajstić information content (AvgIpc) is 2.97. The molecule has 21 heavy (non-hydrogen) atoms. The van der Waals surface area contributed by atoms with Gasteiger partial charge in [-0.3, -0.25) is 0 Å². The molecule has 0 saturated heterocycles. The normalized spacial score (nSPS) is 25.3. The third-order valence-corrected chi connectivity index (χ3v) is 7.37. The van der Waals surface area contributed by atoms with Crippen LogP contribution in [0.5, 0.6) is 0 Å². The summed E-state index contributed by atoms with van der Waals surface area (Å²) in [5.41, 5.74) is 1.32. The molecule has 1 aromatic heterocycles. The van der Waals surface area contributed by atoms with E-state index in [9.17, 15) is 8.42 Å². The van der Waals surface area contributed by atoms with Crippen LogP contribution in [-0.2, 0) is 16.6 Å². The molecule has 1 heterocycles. The first-order chi connectivity index (χ1) is 9.84.